The summed E-state index contributed by atoms with van der Waals surface area (Å²) in [5.41, 5.74) is 3.85. The van der Waals surface area contributed by atoms with Crippen molar-refractivity contribution in [2.24, 2.45) is 7.05 Å². The summed E-state index contributed by atoms with van der Waals surface area (Å²) >= 11 is 0. The number of halogens is 1. The summed E-state index contributed by atoms with van der Waals surface area (Å²) in [6.07, 6.45) is 3.02. The molecular weight excluding hydrogens is 319 g/mol. The minimum Gasteiger partial charge on any atom is -0.393 e. The van der Waals surface area contributed by atoms with E-state index in [0.717, 1.165) is 16.8 Å². The van der Waals surface area contributed by atoms with E-state index >= 15 is 0 Å². The van der Waals surface area contributed by atoms with Crippen LogP contribution >= 0.6 is 0 Å². The molecule has 5 nitrogen and oxygen atoms in total. The van der Waals surface area contributed by atoms with Gasteiger partial charge in [-0.3, -0.25) is 4.68 Å². The normalized spacial score (nSPS) is 17.1. The highest BCUT2D eigenvalue weighted by atomic mass is 19.1. The van der Waals surface area contributed by atoms with Crippen LogP contribution < -0.4 is 10.2 Å². The lowest BCUT2D eigenvalue weighted by atomic mass is 10.1. The Morgan fingerprint density at radius 2 is 2.08 bits per heavy atom. The Labute approximate surface area is 148 Å². The molecule has 0 saturated carbocycles. The van der Waals surface area contributed by atoms with Crippen molar-refractivity contribution in [1.29, 1.82) is 0 Å². The molecule has 1 aromatic heterocycles. The Hall–Kier alpha value is -1.92. The van der Waals surface area contributed by atoms with Gasteiger partial charge in [-0.15, -0.1) is 0 Å². The second-order valence-electron chi connectivity index (χ2n) is 6.92. The van der Waals surface area contributed by atoms with Crippen LogP contribution in [0.25, 0.3) is 0 Å². The zero-order valence-electron chi connectivity index (χ0n) is 15.2. The zero-order chi connectivity index (χ0) is 18.0. The number of anilines is 1. The average molecular weight is 346 g/mol. The molecule has 25 heavy (non-hydrogen) atoms. The zero-order valence-corrected chi connectivity index (χ0v) is 15.2. The number of nitrogens with zero attached hydrogens (tertiary/aromatic N) is 3. The van der Waals surface area contributed by atoms with E-state index in [0.29, 0.717) is 38.2 Å². The van der Waals surface area contributed by atoms with E-state index in [1.807, 2.05) is 41.9 Å². The van der Waals surface area contributed by atoms with Crippen molar-refractivity contribution in [3.05, 3.63) is 47.0 Å². The van der Waals surface area contributed by atoms with Gasteiger partial charge in [-0.1, -0.05) is 6.07 Å². The van der Waals surface area contributed by atoms with Gasteiger partial charge in [-0.25, -0.2) is 4.39 Å². The average Bonchev–Trinajstić information content (AvgIpc) is 2.93. The van der Waals surface area contributed by atoms with Crippen LogP contribution in [0.4, 0.5) is 10.1 Å². The molecule has 2 heterocycles. The van der Waals surface area contributed by atoms with E-state index in [4.69, 9.17) is 0 Å². The Bertz CT molecular complexity index is 722. The molecule has 1 unspecified atom stereocenters. The first-order valence-corrected chi connectivity index (χ1v) is 8.89. The third kappa shape index (κ3) is 4.02. The highest BCUT2D eigenvalue weighted by molar-refractivity contribution is 5.49. The molecule has 1 saturated heterocycles. The fourth-order valence-corrected chi connectivity index (χ4v) is 3.35. The molecule has 3 rings (SSSR count). The van der Waals surface area contributed by atoms with Gasteiger partial charge in [0.2, 0.25) is 0 Å². The standard InChI is InChI=1S/C19H27FN4O/c1-13(17-12-22-23(3)14(17)2)21-11-15-4-5-19(18(20)10-15)24-8-6-16(25)7-9-24/h4-5,10,12-13,16,21,25H,6-9,11H2,1-3H3. The molecule has 6 heteroatoms. The molecule has 0 aliphatic carbocycles. The Kier molecular flexibility index (Phi) is 5.39. The van der Waals surface area contributed by atoms with E-state index in [1.54, 1.807) is 6.07 Å². The van der Waals surface area contributed by atoms with E-state index in [-0.39, 0.29) is 18.0 Å². The molecule has 2 aromatic rings. The van der Waals surface area contributed by atoms with Gasteiger partial charge in [0.25, 0.3) is 0 Å². The quantitative estimate of drug-likeness (QED) is 0.874. The highest BCUT2D eigenvalue weighted by Crippen LogP contribution is 2.25. The van der Waals surface area contributed by atoms with Crippen molar-refractivity contribution in [1.82, 2.24) is 15.1 Å². The maximum Gasteiger partial charge on any atom is 0.146 e. The number of benzene rings is 1. The molecule has 2 N–H and O–H groups in total. The summed E-state index contributed by atoms with van der Waals surface area (Å²) in [6, 6.07) is 5.58. The number of nitrogens with one attached hydrogen (secondary N) is 1. The van der Waals surface area contributed by atoms with Gasteiger partial charge in [-0.2, -0.15) is 5.10 Å². The number of hydrogen-bond acceptors (Lipinski definition) is 4. The van der Waals surface area contributed by atoms with Crippen molar-refractivity contribution in [3.8, 4) is 0 Å². The van der Waals surface area contributed by atoms with E-state index in [2.05, 4.69) is 17.3 Å². The second kappa shape index (κ2) is 7.54. The number of aryl methyl sites for hydroxylation is 1. The van der Waals surface area contributed by atoms with Crippen molar-refractivity contribution in [2.75, 3.05) is 18.0 Å². The van der Waals surface area contributed by atoms with Crippen LogP contribution in [-0.4, -0.2) is 34.1 Å². The molecule has 0 spiro atoms. The number of aliphatic hydroxyl groups excluding tert-OH is 1. The first-order chi connectivity index (χ1) is 12.0. The van der Waals surface area contributed by atoms with Gasteiger partial charge >= 0.3 is 0 Å². The van der Waals surface area contributed by atoms with E-state index in [1.165, 1.54) is 0 Å². The number of hydrogen-bond donors (Lipinski definition) is 2. The summed E-state index contributed by atoms with van der Waals surface area (Å²) in [6.45, 7) is 6.14. The van der Waals surface area contributed by atoms with Crippen LogP contribution in [0.3, 0.4) is 0 Å². The third-order valence-corrected chi connectivity index (χ3v) is 5.17. The molecule has 1 fully saturated rings. The maximum atomic E-state index is 14.5. The molecule has 0 bridgehead atoms. The number of aliphatic hydroxyl groups is 1. The summed E-state index contributed by atoms with van der Waals surface area (Å²) < 4.78 is 16.4. The van der Waals surface area contributed by atoms with Gasteiger partial charge in [-0.05, 0) is 44.4 Å². The van der Waals surface area contributed by atoms with Crippen molar-refractivity contribution >= 4 is 5.69 Å². The molecule has 0 amide bonds. The molecule has 1 aromatic carbocycles. The molecule has 136 valence electrons. The molecule has 1 aliphatic heterocycles. The van der Waals surface area contributed by atoms with Crippen LogP contribution in [0.1, 0.15) is 42.6 Å². The predicted molar refractivity (Wildman–Crippen MR) is 97.1 cm³/mol. The van der Waals surface area contributed by atoms with Crippen molar-refractivity contribution in [2.45, 2.75) is 45.4 Å². The van der Waals surface area contributed by atoms with Crippen LogP contribution in [0.5, 0.6) is 0 Å². The third-order valence-electron chi connectivity index (χ3n) is 5.17. The molecule has 0 radical (unpaired) electrons. The molecule has 1 atom stereocenters. The SMILES string of the molecule is Cc1c(C(C)NCc2ccc(N3CCC(O)CC3)c(F)c2)cnn1C. The van der Waals surface area contributed by atoms with Crippen LogP contribution in [0.2, 0.25) is 0 Å². The van der Waals surface area contributed by atoms with E-state index in [9.17, 15) is 9.50 Å². The van der Waals surface area contributed by atoms with Gasteiger partial charge in [0.05, 0.1) is 18.0 Å². The number of rotatable bonds is 5. The van der Waals surface area contributed by atoms with Gasteiger partial charge in [0, 0.05) is 44.0 Å². The Morgan fingerprint density at radius 3 is 2.68 bits per heavy atom. The second-order valence-corrected chi connectivity index (χ2v) is 6.92. The van der Waals surface area contributed by atoms with Gasteiger partial charge in [0.15, 0.2) is 0 Å². The Morgan fingerprint density at radius 1 is 1.36 bits per heavy atom. The summed E-state index contributed by atoms with van der Waals surface area (Å²) in [7, 11) is 1.93. The molecular formula is C19H27FN4O. The summed E-state index contributed by atoms with van der Waals surface area (Å²) in [4.78, 5) is 2.01. The smallest absolute Gasteiger partial charge is 0.146 e. The summed E-state index contributed by atoms with van der Waals surface area (Å²) in [5.74, 6) is -0.194. The van der Waals surface area contributed by atoms with Crippen molar-refractivity contribution in [3.63, 3.8) is 0 Å². The fourth-order valence-electron chi connectivity index (χ4n) is 3.35. The monoisotopic (exact) mass is 346 g/mol. The van der Waals surface area contributed by atoms with Crippen LogP contribution in [0.15, 0.2) is 24.4 Å². The van der Waals surface area contributed by atoms with Crippen LogP contribution in [-0.2, 0) is 13.6 Å². The topological polar surface area (TPSA) is 53.3 Å². The van der Waals surface area contributed by atoms with Crippen molar-refractivity contribution < 1.29 is 9.50 Å². The summed E-state index contributed by atoms with van der Waals surface area (Å²) in [5, 5.41) is 17.3. The largest absolute Gasteiger partial charge is 0.393 e. The first kappa shape index (κ1) is 17.9. The lowest BCUT2D eigenvalue weighted by Crippen LogP contribution is -2.36. The minimum atomic E-state index is -0.250. The van der Waals surface area contributed by atoms with Gasteiger partial charge in [0.1, 0.15) is 5.82 Å². The highest BCUT2D eigenvalue weighted by Gasteiger charge is 2.20. The Balaban J connectivity index is 1.62. The fraction of sp³-hybridized carbons (Fsp3) is 0.526. The van der Waals surface area contributed by atoms with Crippen LogP contribution in [0, 0.1) is 12.7 Å². The first-order valence-electron chi connectivity index (χ1n) is 8.89. The minimum absolute atomic E-state index is 0.153. The number of aromatic nitrogens is 2. The molecule has 1 aliphatic rings. The maximum absolute atomic E-state index is 14.5. The lowest BCUT2D eigenvalue weighted by molar-refractivity contribution is 0.145. The lowest BCUT2D eigenvalue weighted by Gasteiger charge is -2.31. The van der Waals surface area contributed by atoms with Gasteiger partial charge < -0.3 is 15.3 Å². The number of piperidine rings is 1. The predicted octanol–water partition coefficient (Wildman–Crippen LogP) is 2.68. The van der Waals surface area contributed by atoms with E-state index < -0.39 is 0 Å².